The first-order valence-corrected chi connectivity index (χ1v) is 3.44. The van der Waals surface area contributed by atoms with Crippen molar-refractivity contribution in [3.63, 3.8) is 0 Å². The van der Waals surface area contributed by atoms with Crippen molar-refractivity contribution >= 4 is 17.4 Å². The largest absolute Gasteiger partial charge is 0.219 e. The second kappa shape index (κ2) is 3.54. The van der Waals surface area contributed by atoms with Crippen molar-refractivity contribution in [2.75, 3.05) is 0 Å². The lowest BCUT2D eigenvalue weighted by Crippen LogP contribution is -1.92. The molecule has 0 fully saturated rings. The third kappa shape index (κ3) is 2.08. The lowest BCUT2D eigenvalue weighted by atomic mass is 10.0. The van der Waals surface area contributed by atoms with Crippen molar-refractivity contribution < 1.29 is 0 Å². The molecule has 2 heteroatoms. The van der Waals surface area contributed by atoms with Crippen LogP contribution < -0.4 is 0 Å². The molecule has 1 aliphatic carbocycles. The predicted octanol–water partition coefficient (Wildman–Crippen LogP) is 2.36. The van der Waals surface area contributed by atoms with Crippen LogP contribution in [0.4, 0.5) is 0 Å². The van der Waals surface area contributed by atoms with Gasteiger partial charge in [0.25, 0.3) is 0 Å². The maximum atomic E-state index is 4.46. The van der Waals surface area contributed by atoms with Gasteiger partial charge in [0.1, 0.15) is 6.04 Å². The Kier molecular flexibility index (Phi) is 2.62. The molecule has 0 saturated heterocycles. The van der Waals surface area contributed by atoms with E-state index in [2.05, 4.69) is 28.4 Å². The van der Waals surface area contributed by atoms with Crippen LogP contribution in [-0.4, -0.2) is 5.16 Å². The van der Waals surface area contributed by atoms with Crippen molar-refractivity contribution in [3.05, 3.63) is 18.2 Å². The van der Waals surface area contributed by atoms with Gasteiger partial charge in [0.15, 0.2) is 0 Å². The van der Waals surface area contributed by atoms with Crippen molar-refractivity contribution in [1.82, 2.24) is 0 Å². The van der Waals surface area contributed by atoms with E-state index in [1.54, 1.807) is 0 Å². The Morgan fingerprint density at radius 2 is 2.56 bits per heavy atom. The van der Waals surface area contributed by atoms with Gasteiger partial charge in [-0.15, -0.1) is 0 Å². The zero-order valence-electron chi connectivity index (χ0n) is 5.13. The highest BCUT2D eigenvalue weighted by atomic mass is 32.1. The fourth-order valence-corrected chi connectivity index (χ4v) is 0.973. The van der Waals surface area contributed by atoms with Gasteiger partial charge in [-0.2, -0.15) is 0 Å². The van der Waals surface area contributed by atoms with Crippen LogP contribution in [0, 0.1) is 6.04 Å². The van der Waals surface area contributed by atoms with Gasteiger partial charge < -0.3 is 0 Å². The Morgan fingerprint density at radius 1 is 1.67 bits per heavy atom. The molecule has 0 bridgehead atoms. The van der Waals surface area contributed by atoms with Gasteiger partial charge >= 0.3 is 0 Å². The van der Waals surface area contributed by atoms with E-state index in [4.69, 9.17) is 0 Å². The van der Waals surface area contributed by atoms with Crippen molar-refractivity contribution in [2.45, 2.75) is 19.3 Å². The van der Waals surface area contributed by atoms with Crippen LogP contribution in [0.2, 0.25) is 0 Å². The quantitative estimate of drug-likeness (QED) is 0.400. The number of allylic oxidation sites excluding steroid dienone is 1. The van der Waals surface area contributed by atoms with Gasteiger partial charge in [-0.1, -0.05) is 12.2 Å². The van der Waals surface area contributed by atoms with E-state index >= 15 is 0 Å². The fraction of sp³-hybridized carbons (Fsp3) is 0.429. The Bertz CT molecular complexity index is 156. The minimum absolute atomic E-state index is 1.06. The number of hydrogen-bond donors (Lipinski definition) is 0. The molecule has 0 saturated carbocycles. The van der Waals surface area contributed by atoms with Crippen molar-refractivity contribution in [3.8, 4) is 0 Å². The smallest absolute Gasteiger partial charge is 0.118 e. The fourth-order valence-electron chi connectivity index (χ4n) is 0.856. The molecule has 0 N–H and O–H groups in total. The van der Waals surface area contributed by atoms with Crippen LogP contribution in [-0.2, 0) is 0 Å². The minimum Gasteiger partial charge on any atom is -0.219 e. The third-order valence-electron chi connectivity index (χ3n) is 1.30. The second-order valence-corrected chi connectivity index (χ2v) is 2.17. The lowest BCUT2D eigenvalue weighted by Gasteiger charge is -2.07. The highest BCUT2D eigenvalue weighted by molar-refractivity contribution is 7.78. The highest BCUT2D eigenvalue weighted by Crippen LogP contribution is 2.18. The summed E-state index contributed by atoms with van der Waals surface area (Å²) in [5.41, 5.74) is 0. The van der Waals surface area contributed by atoms with E-state index in [0.29, 0.717) is 0 Å². The van der Waals surface area contributed by atoms with E-state index in [1.165, 1.54) is 12.8 Å². The number of isothiocyanates is 1. The summed E-state index contributed by atoms with van der Waals surface area (Å²) in [5.74, 6) is 0. The molecule has 0 aliphatic heterocycles. The molecule has 1 nitrogen and oxygen atoms in total. The zero-order chi connectivity index (χ0) is 6.53. The summed E-state index contributed by atoms with van der Waals surface area (Å²) in [7, 11) is 0. The first-order chi connectivity index (χ1) is 4.43. The van der Waals surface area contributed by atoms with Gasteiger partial charge in [0.2, 0.25) is 0 Å². The molecular weight excluding hydrogens is 130 g/mol. The van der Waals surface area contributed by atoms with E-state index < -0.39 is 0 Å². The average Bonchev–Trinajstić information content (AvgIpc) is 1.91. The van der Waals surface area contributed by atoms with Gasteiger partial charge in [0, 0.05) is 0 Å². The number of thiocarbonyl (C=S) groups is 1. The molecule has 0 amide bonds. The Balaban J connectivity index is 2.49. The monoisotopic (exact) mass is 138 g/mol. The molecule has 0 aromatic heterocycles. The summed E-state index contributed by atoms with van der Waals surface area (Å²) >= 11 is 4.46. The van der Waals surface area contributed by atoms with E-state index in [1.807, 2.05) is 6.08 Å². The molecule has 1 rings (SSSR count). The summed E-state index contributed by atoms with van der Waals surface area (Å²) in [6, 6.07) is 1.07. The summed E-state index contributed by atoms with van der Waals surface area (Å²) in [6.45, 7) is 0. The van der Waals surface area contributed by atoms with Crippen molar-refractivity contribution in [2.24, 2.45) is 4.99 Å². The van der Waals surface area contributed by atoms with Gasteiger partial charge in [-0.25, -0.2) is 4.99 Å². The molecule has 0 aromatic carbocycles. The molecule has 9 heavy (non-hydrogen) atoms. The molecule has 1 radical (unpaired) electrons. The van der Waals surface area contributed by atoms with Gasteiger partial charge in [-0.05, 0) is 31.5 Å². The number of rotatable bonds is 1. The van der Waals surface area contributed by atoms with Crippen LogP contribution in [0.15, 0.2) is 17.1 Å². The first-order valence-electron chi connectivity index (χ1n) is 3.04. The lowest BCUT2D eigenvalue weighted by molar-refractivity contribution is 0.747. The van der Waals surface area contributed by atoms with Crippen LogP contribution in [0.1, 0.15) is 19.3 Å². The van der Waals surface area contributed by atoms with Crippen LogP contribution >= 0.6 is 12.2 Å². The first kappa shape index (κ1) is 6.66. The molecule has 0 atom stereocenters. The van der Waals surface area contributed by atoms with Crippen LogP contribution in [0.5, 0.6) is 0 Å². The topological polar surface area (TPSA) is 12.4 Å². The maximum absolute atomic E-state index is 4.46. The number of aliphatic imine (C=N–C) groups is 1. The molecule has 1 aliphatic rings. The molecule has 0 unspecified atom stereocenters. The van der Waals surface area contributed by atoms with Crippen LogP contribution in [0.3, 0.4) is 0 Å². The average molecular weight is 138 g/mol. The maximum Gasteiger partial charge on any atom is 0.118 e. The molecule has 47 valence electrons. The standard InChI is InChI=1S/C7H8NS/c9-6-8-7-4-2-1-3-5-7/h2,4H,1,3,5H2. The molecule has 0 heterocycles. The Labute approximate surface area is 60.5 Å². The van der Waals surface area contributed by atoms with Crippen molar-refractivity contribution in [1.29, 1.82) is 0 Å². The normalized spacial score (nSPS) is 19.1. The minimum atomic E-state index is 1.06. The third-order valence-corrected chi connectivity index (χ3v) is 1.39. The van der Waals surface area contributed by atoms with Gasteiger partial charge in [-0.3, -0.25) is 0 Å². The highest BCUT2D eigenvalue weighted by Gasteiger charge is 2.05. The summed E-state index contributed by atoms with van der Waals surface area (Å²) in [6.07, 6.45) is 7.57. The number of hydrogen-bond acceptors (Lipinski definition) is 2. The van der Waals surface area contributed by atoms with E-state index in [9.17, 15) is 0 Å². The summed E-state index contributed by atoms with van der Waals surface area (Å²) in [4.78, 5) is 3.88. The summed E-state index contributed by atoms with van der Waals surface area (Å²) < 4.78 is 0. The van der Waals surface area contributed by atoms with E-state index in [0.717, 1.165) is 12.5 Å². The summed E-state index contributed by atoms with van der Waals surface area (Å²) in [5, 5.41) is 2.36. The Hall–Kier alpha value is -0.460. The molecular formula is C7H8NS. The number of nitrogens with zero attached hydrogens (tertiary/aromatic N) is 1. The van der Waals surface area contributed by atoms with E-state index in [-0.39, 0.29) is 0 Å². The zero-order valence-corrected chi connectivity index (χ0v) is 5.95. The predicted molar refractivity (Wildman–Crippen MR) is 41.3 cm³/mol. The van der Waals surface area contributed by atoms with Gasteiger partial charge in [0.05, 0.1) is 5.16 Å². The molecule has 0 spiro atoms. The molecule has 0 aromatic rings. The Morgan fingerprint density at radius 3 is 3.11 bits per heavy atom. The second-order valence-electron chi connectivity index (χ2n) is 1.99. The SMILES string of the molecule is S=C=N[C]1C=CCCC1. The van der Waals surface area contributed by atoms with Crippen LogP contribution in [0.25, 0.3) is 0 Å².